The minimum Gasteiger partial charge on any atom is -0.395 e. The number of aliphatic hydroxyl groups excluding tert-OH is 1. The Labute approximate surface area is 145 Å². The molecule has 0 aliphatic rings. The van der Waals surface area contributed by atoms with E-state index < -0.39 is 0 Å². The lowest BCUT2D eigenvalue weighted by atomic mass is 10.1. The molecule has 0 saturated heterocycles. The molecule has 5 heteroatoms. The van der Waals surface area contributed by atoms with E-state index in [-0.39, 0.29) is 31.0 Å². The highest BCUT2D eigenvalue weighted by molar-refractivity contribution is 5.94. The van der Waals surface area contributed by atoms with Gasteiger partial charge in [0.25, 0.3) is 0 Å². The van der Waals surface area contributed by atoms with Crippen molar-refractivity contribution in [2.45, 2.75) is 6.54 Å². The van der Waals surface area contributed by atoms with Gasteiger partial charge in [0.15, 0.2) is 5.43 Å². The molecule has 0 radical (unpaired) electrons. The monoisotopic (exact) mass is 336 g/mol. The molecule has 128 valence electrons. The predicted molar refractivity (Wildman–Crippen MR) is 99.6 cm³/mol. The molecule has 0 spiro atoms. The Kier molecular flexibility index (Phi) is 4.95. The summed E-state index contributed by atoms with van der Waals surface area (Å²) in [5, 5.41) is 10.4. The topological polar surface area (TPSA) is 62.5 Å². The first-order chi connectivity index (χ1) is 12.2. The van der Waals surface area contributed by atoms with Crippen LogP contribution in [0.1, 0.15) is 0 Å². The van der Waals surface area contributed by atoms with Crippen LogP contribution in [-0.4, -0.2) is 40.2 Å². The third kappa shape index (κ3) is 3.19. The zero-order chi connectivity index (χ0) is 17.8. The van der Waals surface area contributed by atoms with Crippen LogP contribution in [0.3, 0.4) is 0 Å². The third-order valence-electron chi connectivity index (χ3n) is 4.24. The summed E-state index contributed by atoms with van der Waals surface area (Å²) < 4.78 is 1.86. The highest BCUT2D eigenvalue weighted by Crippen LogP contribution is 2.19. The van der Waals surface area contributed by atoms with E-state index in [1.165, 1.54) is 0 Å². The number of fused-ring (bicyclic) bond motifs is 2. The van der Waals surface area contributed by atoms with E-state index in [2.05, 4.69) is 6.58 Å². The summed E-state index contributed by atoms with van der Waals surface area (Å²) in [6, 6.07) is 14.6. The zero-order valence-electron chi connectivity index (χ0n) is 13.9. The van der Waals surface area contributed by atoms with Gasteiger partial charge in [0, 0.05) is 23.9 Å². The van der Waals surface area contributed by atoms with Crippen molar-refractivity contribution in [1.82, 2.24) is 9.47 Å². The molecule has 3 rings (SSSR count). The quantitative estimate of drug-likeness (QED) is 0.554. The van der Waals surface area contributed by atoms with Crippen molar-refractivity contribution in [1.29, 1.82) is 0 Å². The van der Waals surface area contributed by atoms with Crippen LogP contribution >= 0.6 is 0 Å². The number of benzene rings is 2. The van der Waals surface area contributed by atoms with Gasteiger partial charge in [-0.15, -0.1) is 6.58 Å². The second kappa shape index (κ2) is 7.32. The molecule has 0 unspecified atom stereocenters. The van der Waals surface area contributed by atoms with Crippen molar-refractivity contribution in [3.05, 3.63) is 71.4 Å². The molecule has 1 aromatic heterocycles. The molecule has 0 atom stereocenters. The average Bonchev–Trinajstić information content (AvgIpc) is 2.65. The number of hydrogen-bond acceptors (Lipinski definition) is 3. The molecule has 1 amide bonds. The standard InChI is InChI=1S/C20H20N2O3/c1-2-11-21(12-13-23)19(24)14-22-17-9-5-3-7-15(17)20(25)16-8-4-6-10-18(16)22/h2-10,23H,1,11-14H2. The Bertz CT molecular complexity index is 931. The highest BCUT2D eigenvalue weighted by atomic mass is 16.3. The average molecular weight is 336 g/mol. The fourth-order valence-electron chi connectivity index (χ4n) is 3.08. The van der Waals surface area contributed by atoms with Crippen molar-refractivity contribution in [3.8, 4) is 0 Å². The number of rotatable bonds is 6. The Hall–Kier alpha value is -2.92. The number of aliphatic hydroxyl groups is 1. The second-order valence-electron chi connectivity index (χ2n) is 5.80. The van der Waals surface area contributed by atoms with Crippen molar-refractivity contribution in [2.75, 3.05) is 19.7 Å². The normalized spacial score (nSPS) is 10.9. The number of hydrogen-bond donors (Lipinski definition) is 1. The fraction of sp³-hybridized carbons (Fsp3) is 0.200. The van der Waals surface area contributed by atoms with Gasteiger partial charge in [0.05, 0.1) is 17.6 Å². The highest BCUT2D eigenvalue weighted by Gasteiger charge is 2.16. The molecule has 0 saturated carbocycles. The molecule has 2 aromatic carbocycles. The Balaban J connectivity index is 2.17. The number of para-hydroxylation sites is 2. The number of carbonyl (C=O) groups is 1. The Morgan fingerprint density at radius 3 is 2.16 bits per heavy atom. The Morgan fingerprint density at radius 2 is 1.64 bits per heavy atom. The Morgan fingerprint density at radius 1 is 1.08 bits per heavy atom. The van der Waals surface area contributed by atoms with Crippen LogP contribution in [0.2, 0.25) is 0 Å². The first kappa shape index (κ1) is 16.9. The van der Waals surface area contributed by atoms with E-state index in [9.17, 15) is 14.7 Å². The maximum absolute atomic E-state index is 12.7. The number of amides is 1. The van der Waals surface area contributed by atoms with Gasteiger partial charge in [-0.25, -0.2) is 0 Å². The molecule has 1 N–H and O–H groups in total. The van der Waals surface area contributed by atoms with E-state index in [1.807, 2.05) is 41.0 Å². The largest absolute Gasteiger partial charge is 0.395 e. The summed E-state index contributed by atoms with van der Waals surface area (Å²) in [6.07, 6.45) is 1.63. The lowest BCUT2D eigenvalue weighted by Gasteiger charge is -2.22. The summed E-state index contributed by atoms with van der Waals surface area (Å²) >= 11 is 0. The second-order valence-corrected chi connectivity index (χ2v) is 5.80. The smallest absolute Gasteiger partial charge is 0.242 e. The van der Waals surface area contributed by atoms with E-state index in [0.717, 1.165) is 11.0 Å². The van der Waals surface area contributed by atoms with E-state index in [0.29, 0.717) is 17.3 Å². The van der Waals surface area contributed by atoms with Crippen molar-refractivity contribution in [3.63, 3.8) is 0 Å². The number of nitrogens with zero attached hydrogens (tertiary/aromatic N) is 2. The number of aromatic nitrogens is 1. The van der Waals surface area contributed by atoms with Gasteiger partial charge in [-0.1, -0.05) is 30.3 Å². The summed E-state index contributed by atoms with van der Waals surface area (Å²) in [7, 11) is 0. The van der Waals surface area contributed by atoms with Crippen LogP contribution in [0.4, 0.5) is 0 Å². The summed E-state index contributed by atoms with van der Waals surface area (Å²) in [6.45, 7) is 4.27. The minimum absolute atomic E-state index is 0.0341. The molecule has 0 aliphatic heterocycles. The lowest BCUT2D eigenvalue weighted by molar-refractivity contribution is -0.131. The van der Waals surface area contributed by atoms with Crippen LogP contribution in [0, 0.1) is 0 Å². The van der Waals surface area contributed by atoms with Crippen LogP contribution in [0.5, 0.6) is 0 Å². The van der Waals surface area contributed by atoms with Gasteiger partial charge in [-0.05, 0) is 24.3 Å². The number of carbonyl (C=O) groups excluding carboxylic acids is 1. The van der Waals surface area contributed by atoms with Crippen molar-refractivity contribution >= 4 is 27.7 Å². The van der Waals surface area contributed by atoms with Gasteiger partial charge in [-0.3, -0.25) is 9.59 Å². The molecular formula is C20H20N2O3. The first-order valence-corrected chi connectivity index (χ1v) is 8.17. The SMILES string of the molecule is C=CCN(CCO)C(=O)Cn1c2ccccc2c(=O)c2ccccc21. The molecule has 0 fully saturated rings. The fourth-order valence-corrected chi connectivity index (χ4v) is 3.08. The van der Waals surface area contributed by atoms with Crippen LogP contribution in [0.15, 0.2) is 66.0 Å². The van der Waals surface area contributed by atoms with Gasteiger partial charge in [0.2, 0.25) is 5.91 Å². The van der Waals surface area contributed by atoms with Crippen LogP contribution in [0.25, 0.3) is 21.8 Å². The van der Waals surface area contributed by atoms with Gasteiger partial charge < -0.3 is 14.6 Å². The van der Waals surface area contributed by atoms with Crippen LogP contribution in [-0.2, 0) is 11.3 Å². The predicted octanol–water partition coefficient (Wildman–Crippen LogP) is 2.16. The van der Waals surface area contributed by atoms with E-state index in [1.54, 1.807) is 23.1 Å². The maximum Gasteiger partial charge on any atom is 0.242 e. The molecular weight excluding hydrogens is 316 g/mol. The third-order valence-corrected chi connectivity index (χ3v) is 4.24. The molecule has 25 heavy (non-hydrogen) atoms. The van der Waals surface area contributed by atoms with Crippen LogP contribution < -0.4 is 5.43 Å². The van der Waals surface area contributed by atoms with E-state index in [4.69, 9.17) is 0 Å². The molecule has 0 aliphatic carbocycles. The van der Waals surface area contributed by atoms with Gasteiger partial charge >= 0.3 is 0 Å². The summed E-state index contributed by atoms with van der Waals surface area (Å²) in [5.41, 5.74) is 1.41. The molecule has 3 aromatic rings. The first-order valence-electron chi connectivity index (χ1n) is 8.17. The minimum atomic E-state index is -0.132. The van der Waals surface area contributed by atoms with E-state index >= 15 is 0 Å². The lowest BCUT2D eigenvalue weighted by Crippen LogP contribution is -2.36. The molecule has 0 bridgehead atoms. The zero-order valence-corrected chi connectivity index (χ0v) is 13.9. The van der Waals surface area contributed by atoms with Gasteiger partial charge in [0.1, 0.15) is 6.54 Å². The molecule has 5 nitrogen and oxygen atoms in total. The van der Waals surface area contributed by atoms with Gasteiger partial charge in [-0.2, -0.15) is 0 Å². The maximum atomic E-state index is 12.7. The summed E-state index contributed by atoms with van der Waals surface area (Å²) in [4.78, 5) is 27.0. The summed E-state index contributed by atoms with van der Waals surface area (Å²) in [5.74, 6) is -0.132. The number of pyridine rings is 1. The van der Waals surface area contributed by atoms with Crippen molar-refractivity contribution in [2.24, 2.45) is 0 Å². The molecule has 1 heterocycles. The van der Waals surface area contributed by atoms with Crippen molar-refractivity contribution < 1.29 is 9.90 Å².